The average Bonchev–Trinajstić information content (AvgIpc) is 2.58. The average molecular weight is 265 g/mol. The number of anilines is 1. The second-order valence-electron chi connectivity index (χ2n) is 5.64. The van der Waals surface area contributed by atoms with Crippen LogP contribution in [0.15, 0.2) is 42.5 Å². The second-order valence-corrected chi connectivity index (χ2v) is 5.64. The van der Waals surface area contributed by atoms with Crippen LogP contribution in [-0.2, 0) is 4.79 Å². The molecule has 2 aromatic rings. The summed E-state index contributed by atoms with van der Waals surface area (Å²) in [6, 6.07) is 15.0. The summed E-state index contributed by atoms with van der Waals surface area (Å²) in [7, 11) is 0. The summed E-state index contributed by atoms with van der Waals surface area (Å²) < 4.78 is 0. The lowest BCUT2D eigenvalue weighted by Crippen LogP contribution is -2.09. The van der Waals surface area contributed by atoms with Crippen LogP contribution in [0.4, 0.5) is 5.69 Å². The minimum absolute atomic E-state index is 0.117. The van der Waals surface area contributed by atoms with Crippen molar-refractivity contribution in [1.29, 1.82) is 0 Å². The molecule has 1 aliphatic heterocycles. The smallest absolute Gasteiger partial charge is 0.224 e. The van der Waals surface area contributed by atoms with E-state index in [0.717, 1.165) is 12.1 Å². The van der Waals surface area contributed by atoms with Gasteiger partial charge in [-0.2, -0.15) is 0 Å². The van der Waals surface area contributed by atoms with Gasteiger partial charge in [0.1, 0.15) is 0 Å². The highest BCUT2D eigenvalue weighted by Gasteiger charge is 2.23. The van der Waals surface area contributed by atoms with E-state index >= 15 is 0 Å². The SMILES string of the molecule is Cc1ccc([C@H]2CCC(=O)Nc3cc(C)ccc32)cc1. The van der Waals surface area contributed by atoms with Crippen LogP contribution in [0.3, 0.4) is 0 Å². The summed E-state index contributed by atoms with van der Waals surface area (Å²) in [6.45, 7) is 4.15. The van der Waals surface area contributed by atoms with E-state index in [1.807, 2.05) is 0 Å². The molecule has 1 N–H and O–H groups in total. The molecule has 102 valence electrons. The lowest BCUT2D eigenvalue weighted by Gasteiger charge is -2.18. The predicted molar refractivity (Wildman–Crippen MR) is 82.1 cm³/mol. The Balaban J connectivity index is 2.08. The van der Waals surface area contributed by atoms with Gasteiger partial charge in [0.15, 0.2) is 0 Å². The molecular weight excluding hydrogens is 246 g/mol. The lowest BCUT2D eigenvalue weighted by atomic mass is 9.86. The molecule has 0 fully saturated rings. The van der Waals surface area contributed by atoms with E-state index in [-0.39, 0.29) is 5.91 Å². The molecule has 3 rings (SSSR count). The molecule has 0 unspecified atom stereocenters. The Morgan fingerprint density at radius 2 is 1.70 bits per heavy atom. The van der Waals surface area contributed by atoms with Crippen LogP contribution in [0.1, 0.15) is 41.0 Å². The van der Waals surface area contributed by atoms with Crippen molar-refractivity contribution in [3.05, 3.63) is 64.7 Å². The maximum absolute atomic E-state index is 11.9. The monoisotopic (exact) mass is 265 g/mol. The van der Waals surface area contributed by atoms with Gasteiger partial charge in [0.25, 0.3) is 0 Å². The van der Waals surface area contributed by atoms with Gasteiger partial charge in [0, 0.05) is 18.0 Å². The minimum atomic E-state index is 0.117. The lowest BCUT2D eigenvalue weighted by molar-refractivity contribution is -0.116. The fourth-order valence-corrected chi connectivity index (χ4v) is 2.87. The predicted octanol–water partition coefficient (Wildman–Crippen LogP) is 4.17. The second kappa shape index (κ2) is 5.12. The molecule has 0 aromatic heterocycles. The van der Waals surface area contributed by atoms with Crippen molar-refractivity contribution in [3.8, 4) is 0 Å². The molecule has 0 aliphatic carbocycles. The van der Waals surface area contributed by atoms with Gasteiger partial charge in [-0.3, -0.25) is 4.79 Å². The largest absolute Gasteiger partial charge is 0.326 e. The van der Waals surface area contributed by atoms with Gasteiger partial charge in [-0.25, -0.2) is 0 Å². The molecule has 20 heavy (non-hydrogen) atoms. The zero-order chi connectivity index (χ0) is 14.1. The fourth-order valence-electron chi connectivity index (χ4n) is 2.87. The van der Waals surface area contributed by atoms with Crippen LogP contribution >= 0.6 is 0 Å². The van der Waals surface area contributed by atoms with Gasteiger partial charge in [-0.15, -0.1) is 0 Å². The van der Waals surface area contributed by atoms with E-state index in [2.05, 4.69) is 61.6 Å². The number of aryl methyl sites for hydroxylation is 2. The number of carbonyl (C=O) groups excluding carboxylic acids is 1. The van der Waals surface area contributed by atoms with Gasteiger partial charge in [-0.1, -0.05) is 42.0 Å². The van der Waals surface area contributed by atoms with Crippen molar-refractivity contribution in [1.82, 2.24) is 0 Å². The normalized spacial score (nSPS) is 18.1. The van der Waals surface area contributed by atoms with Crippen molar-refractivity contribution >= 4 is 11.6 Å². The van der Waals surface area contributed by atoms with Gasteiger partial charge in [0.05, 0.1) is 0 Å². The molecule has 0 radical (unpaired) electrons. The first kappa shape index (κ1) is 12.9. The molecule has 2 nitrogen and oxygen atoms in total. The number of amides is 1. The number of nitrogens with one attached hydrogen (secondary N) is 1. The Labute approximate surface area is 119 Å². The molecule has 1 aliphatic rings. The van der Waals surface area contributed by atoms with Crippen molar-refractivity contribution in [2.75, 3.05) is 5.32 Å². The highest BCUT2D eigenvalue weighted by atomic mass is 16.1. The first-order chi connectivity index (χ1) is 9.63. The molecule has 0 bridgehead atoms. The fraction of sp³-hybridized carbons (Fsp3) is 0.278. The Bertz CT molecular complexity index is 643. The zero-order valence-corrected chi connectivity index (χ0v) is 11.9. The third-order valence-corrected chi connectivity index (χ3v) is 4.00. The van der Waals surface area contributed by atoms with Crippen molar-refractivity contribution < 1.29 is 4.79 Å². The molecule has 0 saturated heterocycles. The highest BCUT2D eigenvalue weighted by Crippen LogP contribution is 2.37. The number of rotatable bonds is 1. The molecule has 2 aromatic carbocycles. The van der Waals surface area contributed by atoms with Crippen molar-refractivity contribution in [3.63, 3.8) is 0 Å². The maximum atomic E-state index is 11.9. The Hall–Kier alpha value is -2.09. The molecule has 1 amide bonds. The van der Waals surface area contributed by atoms with Crippen molar-refractivity contribution in [2.45, 2.75) is 32.6 Å². The summed E-state index contributed by atoms with van der Waals surface area (Å²) in [5, 5.41) is 3.04. The first-order valence-corrected chi connectivity index (χ1v) is 7.10. The zero-order valence-electron chi connectivity index (χ0n) is 11.9. The quantitative estimate of drug-likeness (QED) is 0.824. The van der Waals surface area contributed by atoms with E-state index < -0.39 is 0 Å². The molecular formula is C18H19NO. The molecule has 2 heteroatoms. The van der Waals surface area contributed by atoms with E-state index in [4.69, 9.17) is 0 Å². The summed E-state index contributed by atoms with van der Waals surface area (Å²) in [5.41, 5.74) is 5.93. The summed E-state index contributed by atoms with van der Waals surface area (Å²) in [4.78, 5) is 11.9. The van der Waals surface area contributed by atoms with Gasteiger partial charge in [0.2, 0.25) is 5.91 Å². The summed E-state index contributed by atoms with van der Waals surface area (Å²) in [5.74, 6) is 0.414. The van der Waals surface area contributed by atoms with E-state index in [0.29, 0.717) is 12.3 Å². The summed E-state index contributed by atoms with van der Waals surface area (Å²) in [6.07, 6.45) is 1.44. The van der Waals surface area contributed by atoms with Crippen LogP contribution in [0.5, 0.6) is 0 Å². The van der Waals surface area contributed by atoms with Gasteiger partial charge >= 0.3 is 0 Å². The number of hydrogen-bond acceptors (Lipinski definition) is 1. The first-order valence-electron chi connectivity index (χ1n) is 7.10. The Kier molecular flexibility index (Phi) is 3.31. The number of hydrogen-bond donors (Lipinski definition) is 1. The molecule has 1 atom stereocenters. The van der Waals surface area contributed by atoms with Crippen LogP contribution in [0, 0.1) is 13.8 Å². The van der Waals surface area contributed by atoms with E-state index in [1.54, 1.807) is 0 Å². The van der Waals surface area contributed by atoms with Crippen LogP contribution in [0.25, 0.3) is 0 Å². The Morgan fingerprint density at radius 1 is 1.00 bits per heavy atom. The van der Waals surface area contributed by atoms with Crippen LogP contribution in [-0.4, -0.2) is 5.91 Å². The van der Waals surface area contributed by atoms with Crippen molar-refractivity contribution in [2.24, 2.45) is 0 Å². The number of carbonyl (C=O) groups is 1. The Morgan fingerprint density at radius 3 is 2.45 bits per heavy atom. The van der Waals surface area contributed by atoms with E-state index in [1.165, 1.54) is 22.3 Å². The minimum Gasteiger partial charge on any atom is -0.326 e. The highest BCUT2D eigenvalue weighted by molar-refractivity contribution is 5.92. The third-order valence-electron chi connectivity index (χ3n) is 4.00. The topological polar surface area (TPSA) is 29.1 Å². The van der Waals surface area contributed by atoms with Crippen LogP contribution in [0.2, 0.25) is 0 Å². The standard InChI is InChI=1S/C18H19NO/c1-12-3-6-14(7-4-12)15-9-10-18(20)19-17-11-13(2)5-8-16(15)17/h3-8,11,15H,9-10H2,1-2H3,(H,19,20)/t15-/m1/s1. The molecule has 1 heterocycles. The van der Waals surface area contributed by atoms with Crippen LogP contribution < -0.4 is 5.32 Å². The van der Waals surface area contributed by atoms with Gasteiger partial charge in [-0.05, 0) is 43.0 Å². The number of benzene rings is 2. The maximum Gasteiger partial charge on any atom is 0.224 e. The third kappa shape index (κ3) is 2.46. The van der Waals surface area contributed by atoms with E-state index in [9.17, 15) is 4.79 Å². The molecule has 0 saturated carbocycles. The number of fused-ring (bicyclic) bond motifs is 1. The summed E-state index contributed by atoms with van der Waals surface area (Å²) >= 11 is 0. The van der Waals surface area contributed by atoms with Gasteiger partial charge < -0.3 is 5.32 Å². The molecule has 0 spiro atoms.